The highest BCUT2D eigenvalue weighted by Gasteiger charge is 2.59. The lowest BCUT2D eigenvalue weighted by molar-refractivity contribution is -0.141. The van der Waals surface area contributed by atoms with Gasteiger partial charge in [-0.3, -0.25) is 19.2 Å². The van der Waals surface area contributed by atoms with Crippen molar-refractivity contribution in [3.8, 4) is 0 Å². The minimum atomic E-state index is -0.651. The van der Waals surface area contributed by atoms with Gasteiger partial charge >= 0.3 is 5.97 Å². The van der Waals surface area contributed by atoms with Gasteiger partial charge in [0, 0.05) is 12.5 Å². The number of nitrogens with one attached hydrogen (secondary N) is 4. The van der Waals surface area contributed by atoms with Crippen LogP contribution in [0, 0.1) is 46.3 Å². The average Bonchev–Trinajstić information content (AvgIpc) is 3.31. The van der Waals surface area contributed by atoms with E-state index in [4.69, 9.17) is 4.74 Å². The third-order valence-electron chi connectivity index (χ3n) is 12.5. The number of fused-ring (bicyclic) bond motifs is 5. The molecule has 4 aliphatic rings. The number of ether oxygens (including phenoxy) is 1. The van der Waals surface area contributed by atoms with E-state index in [-0.39, 0.29) is 48.7 Å². The summed E-state index contributed by atoms with van der Waals surface area (Å²) in [6, 6.07) is -0.503. The molecule has 3 amide bonds. The fourth-order valence-corrected chi connectivity index (χ4v) is 10.2. The molecule has 0 bridgehead atoms. The van der Waals surface area contributed by atoms with E-state index in [1.54, 1.807) is 7.05 Å². The second-order valence-corrected chi connectivity index (χ2v) is 15.5. The molecule has 0 spiro atoms. The number of hydrogen-bond acceptors (Lipinski definition) is 6. The fraction of sp³-hybridized carbons (Fsp3) is 0.886. The van der Waals surface area contributed by atoms with Crippen LogP contribution in [0.2, 0.25) is 0 Å². The number of carbonyl (C=O) groups excluding carboxylic acids is 4. The van der Waals surface area contributed by atoms with Crippen molar-refractivity contribution in [2.24, 2.45) is 46.3 Å². The zero-order chi connectivity index (χ0) is 32.1. The summed E-state index contributed by atoms with van der Waals surface area (Å²) >= 11 is 0. The van der Waals surface area contributed by atoms with E-state index < -0.39 is 6.04 Å². The summed E-state index contributed by atoms with van der Waals surface area (Å²) in [5, 5.41) is 11.6. The third kappa shape index (κ3) is 7.79. The summed E-state index contributed by atoms with van der Waals surface area (Å²) in [5.41, 5.74) is 0.734. The molecule has 250 valence electrons. The van der Waals surface area contributed by atoms with Crippen LogP contribution < -0.4 is 21.3 Å². The lowest BCUT2D eigenvalue weighted by Gasteiger charge is -2.61. The molecular formula is C35H60N4O5. The number of likely N-dealkylation sites (N-methyl/N-ethyl adjacent to an activating group) is 1. The first-order chi connectivity index (χ1) is 20.9. The van der Waals surface area contributed by atoms with Crippen molar-refractivity contribution in [1.82, 2.24) is 21.3 Å². The predicted octanol–water partition coefficient (Wildman–Crippen LogP) is 4.34. The van der Waals surface area contributed by atoms with Crippen LogP contribution >= 0.6 is 0 Å². The van der Waals surface area contributed by atoms with E-state index >= 15 is 0 Å². The molecule has 9 atom stereocenters. The Labute approximate surface area is 265 Å². The SMILES string of the molecule is CNCC(=O)NC(CC(C)C)C(=O)NCC(=O)NC1CCC2(C)C(CCC3C4CCC(CCCC(=O)OC)C4(C)CCC32)C1. The van der Waals surface area contributed by atoms with Crippen molar-refractivity contribution in [3.63, 3.8) is 0 Å². The quantitative estimate of drug-likeness (QED) is 0.228. The van der Waals surface area contributed by atoms with Gasteiger partial charge in [-0.1, -0.05) is 27.7 Å². The van der Waals surface area contributed by atoms with E-state index in [1.807, 2.05) is 13.8 Å². The maximum absolute atomic E-state index is 12.9. The summed E-state index contributed by atoms with van der Waals surface area (Å²) in [4.78, 5) is 49.5. The lowest BCUT2D eigenvalue weighted by Crippen LogP contribution is -2.56. The van der Waals surface area contributed by atoms with Crippen LogP contribution in [0.15, 0.2) is 0 Å². The highest BCUT2D eigenvalue weighted by molar-refractivity contribution is 5.91. The third-order valence-corrected chi connectivity index (χ3v) is 12.5. The smallest absolute Gasteiger partial charge is 0.305 e. The first-order valence-corrected chi connectivity index (χ1v) is 17.5. The minimum Gasteiger partial charge on any atom is -0.469 e. The molecule has 9 nitrogen and oxygen atoms in total. The van der Waals surface area contributed by atoms with Crippen molar-refractivity contribution < 1.29 is 23.9 Å². The Hall–Kier alpha value is -2.16. The Bertz CT molecular complexity index is 1030. The Morgan fingerprint density at radius 2 is 1.61 bits per heavy atom. The maximum Gasteiger partial charge on any atom is 0.305 e. The molecule has 4 aliphatic carbocycles. The molecule has 44 heavy (non-hydrogen) atoms. The standard InChI is InChI=1S/C35H60N4O5/c1-22(2)18-29(39-30(40)20-36-5)33(43)37-21-31(41)38-25-14-16-35(4)24(19-25)10-12-26-27-13-11-23(8-7-9-32(42)44-6)34(27,3)17-15-28(26)35/h22-29,36H,7-21H2,1-6H3,(H,37,43)(H,38,41)(H,39,40). The van der Waals surface area contributed by atoms with Crippen LogP contribution in [-0.4, -0.2) is 63.0 Å². The molecule has 0 aliphatic heterocycles. The number of methoxy groups -OCH3 is 1. The van der Waals surface area contributed by atoms with Crippen molar-refractivity contribution in [3.05, 3.63) is 0 Å². The van der Waals surface area contributed by atoms with E-state index in [0.29, 0.717) is 29.6 Å². The van der Waals surface area contributed by atoms with Gasteiger partial charge < -0.3 is 26.0 Å². The van der Waals surface area contributed by atoms with Gasteiger partial charge in [0.25, 0.3) is 0 Å². The second kappa shape index (κ2) is 15.0. The summed E-state index contributed by atoms with van der Waals surface area (Å²) < 4.78 is 4.87. The normalized spacial score (nSPS) is 35.1. The van der Waals surface area contributed by atoms with Crippen LogP contribution in [-0.2, 0) is 23.9 Å². The minimum absolute atomic E-state index is 0.0699. The molecule has 0 saturated heterocycles. The van der Waals surface area contributed by atoms with Crippen molar-refractivity contribution in [1.29, 1.82) is 0 Å². The van der Waals surface area contributed by atoms with Gasteiger partial charge in [0.1, 0.15) is 6.04 Å². The van der Waals surface area contributed by atoms with Gasteiger partial charge in [-0.15, -0.1) is 0 Å². The highest BCUT2D eigenvalue weighted by Crippen LogP contribution is 2.67. The Morgan fingerprint density at radius 1 is 0.886 bits per heavy atom. The zero-order valence-corrected chi connectivity index (χ0v) is 28.3. The van der Waals surface area contributed by atoms with Gasteiger partial charge in [-0.05, 0) is 130 Å². The largest absolute Gasteiger partial charge is 0.469 e. The molecular weight excluding hydrogens is 556 g/mol. The van der Waals surface area contributed by atoms with Gasteiger partial charge in [-0.2, -0.15) is 0 Å². The average molecular weight is 617 g/mol. The maximum atomic E-state index is 12.9. The Kier molecular flexibility index (Phi) is 11.8. The number of esters is 1. The van der Waals surface area contributed by atoms with Gasteiger partial charge in [0.05, 0.1) is 20.2 Å². The van der Waals surface area contributed by atoms with Crippen LogP contribution in [0.3, 0.4) is 0 Å². The summed E-state index contributed by atoms with van der Waals surface area (Å²) in [6.45, 7) is 9.20. The summed E-state index contributed by atoms with van der Waals surface area (Å²) in [5.74, 6) is 3.16. The number of amides is 3. The van der Waals surface area contributed by atoms with Crippen LogP contribution in [0.1, 0.15) is 111 Å². The van der Waals surface area contributed by atoms with E-state index in [2.05, 4.69) is 35.1 Å². The highest BCUT2D eigenvalue weighted by atomic mass is 16.5. The number of rotatable bonds is 13. The molecule has 4 saturated carbocycles. The number of hydrogen-bond donors (Lipinski definition) is 4. The lowest BCUT2D eigenvalue weighted by atomic mass is 9.44. The van der Waals surface area contributed by atoms with Gasteiger partial charge in [-0.25, -0.2) is 0 Å². The van der Waals surface area contributed by atoms with Crippen LogP contribution in [0.5, 0.6) is 0 Å². The molecule has 0 heterocycles. The van der Waals surface area contributed by atoms with Crippen LogP contribution in [0.4, 0.5) is 0 Å². The molecule has 9 unspecified atom stereocenters. The number of carbonyl (C=O) groups is 4. The molecule has 4 rings (SSSR count). The van der Waals surface area contributed by atoms with Gasteiger partial charge in [0.15, 0.2) is 0 Å². The van der Waals surface area contributed by atoms with Crippen LogP contribution in [0.25, 0.3) is 0 Å². The van der Waals surface area contributed by atoms with Crippen molar-refractivity contribution >= 4 is 23.7 Å². The second-order valence-electron chi connectivity index (χ2n) is 15.5. The summed E-state index contributed by atoms with van der Waals surface area (Å²) in [6.07, 6.45) is 14.1. The molecule has 0 aromatic heterocycles. The molecule has 0 aromatic rings. The van der Waals surface area contributed by atoms with E-state index in [0.717, 1.165) is 55.8 Å². The van der Waals surface area contributed by atoms with Gasteiger partial charge in [0.2, 0.25) is 17.7 Å². The first-order valence-electron chi connectivity index (χ1n) is 17.5. The molecule has 0 aromatic carbocycles. The molecule has 4 fully saturated rings. The molecule has 0 radical (unpaired) electrons. The fourth-order valence-electron chi connectivity index (χ4n) is 10.2. The zero-order valence-electron chi connectivity index (χ0n) is 28.3. The van der Waals surface area contributed by atoms with Crippen molar-refractivity contribution in [2.45, 2.75) is 123 Å². The Morgan fingerprint density at radius 3 is 2.32 bits per heavy atom. The van der Waals surface area contributed by atoms with Crippen molar-refractivity contribution in [2.75, 3.05) is 27.2 Å². The first kappa shape index (κ1) is 34.7. The van der Waals surface area contributed by atoms with E-state index in [1.165, 1.54) is 45.6 Å². The molecule has 9 heteroatoms. The Balaban J connectivity index is 1.27. The predicted molar refractivity (Wildman–Crippen MR) is 171 cm³/mol. The topological polar surface area (TPSA) is 126 Å². The molecule has 4 N–H and O–H groups in total. The summed E-state index contributed by atoms with van der Waals surface area (Å²) in [7, 11) is 3.17. The van der Waals surface area contributed by atoms with E-state index in [9.17, 15) is 19.2 Å². The monoisotopic (exact) mass is 616 g/mol.